The van der Waals surface area contributed by atoms with Gasteiger partial charge < -0.3 is 4.90 Å². The van der Waals surface area contributed by atoms with Crippen LogP contribution in [0.5, 0.6) is 0 Å². The number of aromatic nitrogens is 2. The van der Waals surface area contributed by atoms with Gasteiger partial charge in [0.05, 0.1) is 17.2 Å². The van der Waals surface area contributed by atoms with Crippen LogP contribution >= 0.6 is 11.3 Å². The predicted octanol–water partition coefficient (Wildman–Crippen LogP) is 2.69. The van der Waals surface area contributed by atoms with E-state index in [1.165, 1.54) is 0 Å². The molecule has 4 nitrogen and oxygen atoms in total. The highest BCUT2D eigenvalue weighted by molar-refractivity contribution is 7.09. The van der Waals surface area contributed by atoms with E-state index in [1.54, 1.807) is 30.5 Å². The lowest BCUT2D eigenvalue weighted by atomic mass is 10.2. The van der Waals surface area contributed by atoms with E-state index >= 15 is 0 Å². The van der Waals surface area contributed by atoms with Gasteiger partial charge >= 0.3 is 0 Å². The molecule has 2 aromatic heterocycles. The molecule has 0 fully saturated rings. The zero-order valence-electron chi connectivity index (χ0n) is 10.7. The number of thiazole rings is 1. The highest BCUT2D eigenvalue weighted by Gasteiger charge is 2.08. The fraction of sp³-hybridized carbons (Fsp3) is 0.308. The summed E-state index contributed by atoms with van der Waals surface area (Å²) in [6.07, 6.45) is 1.66. The molecule has 5 heteroatoms. The average molecular weight is 261 g/mol. The van der Waals surface area contributed by atoms with E-state index in [-0.39, 0.29) is 5.78 Å². The van der Waals surface area contributed by atoms with Gasteiger partial charge in [-0.25, -0.2) is 9.97 Å². The first-order valence-electron chi connectivity index (χ1n) is 5.65. The van der Waals surface area contributed by atoms with Gasteiger partial charge in [-0.1, -0.05) is 0 Å². The SMILES string of the molecule is CC(=O)c1ccnc(N(C)Cc2csc(C)n2)c1. The Bertz CT molecular complexity index is 565. The quantitative estimate of drug-likeness (QED) is 0.794. The maximum atomic E-state index is 11.3. The number of aryl methyl sites for hydroxylation is 1. The van der Waals surface area contributed by atoms with E-state index in [4.69, 9.17) is 0 Å². The summed E-state index contributed by atoms with van der Waals surface area (Å²) < 4.78 is 0. The van der Waals surface area contributed by atoms with Crippen molar-refractivity contribution >= 4 is 22.9 Å². The number of hydrogen-bond acceptors (Lipinski definition) is 5. The fourth-order valence-corrected chi connectivity index (χ4v) is 2.25. The highest BCUT2D eigenvalue weighted by atomic mass is 32.1. The van der Waals surface area contributed by atoms with Crippen LogP contribution in [0.2, 0.25) is 0 Å². The second kappa shape index (κ2) is 5.27. The van der Waals surface area contributed by atoms with Crippen LogP contribution in [-0.4, -0.2) is 22.8 Å². The van der Waals surface area contributed by atoms with E-state index in [1.807, 2.05) is 30.3 Å². The van der Waals surface area contributed by atoms with Crippen LogP contribution in [0.1, 0.15) is 28.0 Å². The summed E-state index contributed by atoms with van der Waals surface area (Å²) in [5.41, 5.74) is 1.70. The van der Waals surface area contributed by atoms with Crippen LogP contribution in [0.25, 0.3) is 0 Å². The summed E-state index contributed by atoms with van der Waals surface area (Å²) in [4.78, 5) is 22.0. The molecule has 0 radical (unpaired) electrons. The molecule has 0 bridgehead atoms. The normalized spacial score (nSPS) is 10.4. The van der Waals surface area contributed by atoms with E-state index in [2.05, 4.69) is 9.97 Å². The molecule has 0 aromatic carbocycles. The lowest BCUT2D eigenvalue weighted by Crippen LogP contribution is -2.18. The molecule has 0 saturated heterocycles. The van der Waals surface area contributed by atoms with Crippen molar-refractivity contribution in [2.75, 3.05) is 11.9 Å². The third kappa shape index (κ3) is 2.92. The minimum absolute atomic E-state index is 0.0524. The molecule has 0 atom stereocenters. The van der Waals surface area contributed by atoms with Crippen molar-refractivity contribution in [1.82, 2.24) is 9.97 Å². The first-order chi connectivity index (χ1) is 8.56. The average Bonchev–Trinajstić information content (AvgIpc) is 2.75. The van der Waals surface area contributed by atoms with E-state index in [9.17, 15) is 4.79 Å². The Hall–Kier alpha value is -1.75. The lowest BCUT2D eigenvalue weighted by Gasteiger charge is -2.17. The zero-order valence-corrected chi connectivity index (χ0v) is 11.5. The summed E-state index contributed by atoms with van der Waals surface area (Å²) in [7, 11) is 1.95. The Morgan fingerprint density at radius 3 is 2.89 bits per heavy atom. The van der Waals surface area contributed by atoms with Gasteiger partial charge in [-0.05, 0) is 26.0 Å². The number of pyridine rings is 1. The van der Waals surface area contributed by atoms with E-state index < -0.39 is 0 Å². The Morgan fingerprint density at radius 2 is 2.28 bits per heavy atom. The monoisotopic (exact) mass is 261 g/mol. The van der Waals surface area contributed by atoms with Gasteiger partial charge in [0.15, 0.2) is 5.78 Å². The van der Waals surface area contributed by atoms with Gasteiger partial charge in [0.25, 0.3) is 0 Å². The van der Waals surface area contributed by atoms with Crippen LogP contribution in [0.4, 0.5) is 5.82 Å². The standard InChI is InChI=1S/C13H15N3OS/c1-9(17)11-4-5-14-13(6-11)16(3)7-12-8-18-10(2)15-12/h4-6,8H,7H2,1-3H3. The number of hydrogen-bond donors (Lipinski definition) is 0. The Morgan fingerprint density at radius 1 is 1.50 bits per heavy atom. The molecule has 0 saturated carbocycles. The smallest absolute Gasteiger partial charge is 0.159 e. The molecule has 2 rings (SSSR count). The van der Waals surface area contributed by atoms with Crippen molar-refractivity contribution in [3.05, 3.63) is 40.0 Å². The van der Waals surface area contributed by atoms with Crippen LogP contribution in [0.15, 0.2) is 23.7 Å². The minimum Gasteiger partial charge on any atom is -0.354 e. The van der Waals surface area contributed by atoms with Crippen molar-refractivity contribution in [3.63, 3.8) is 0 Å². The number of anilines is 1. The molecule has 0 aliphatic carbocycles. The van der Waals surface area contributed by atoms with Crippen LogP contribution < -0.4 is 4.90 Å². The van der Waals surface area contributed by atoms with Crippen LogP contribution in [0, 0.1) is 6.92 Å². The first kappa shape index (κ1) is 12.7. The molecular formula is C13H15N3OS. The largest absolute Gasteiger partial charge is 0.354 e. The summed E-state index contributed by atoms with van der Waals surface area (Å²) >= 11 is 1.64. The molecule has 2 heterocycles. The Labute approximate surface area is 110 Å². The van der Waals surface area contributed by atoms with E-state index in [0.717, 1.165) is 16.5 Å². The lowest BCUT2D eigenvalue weighted by molar-refractivity contribution is 0.101. The first-order valence-corrected chi connectivity index (χ1v) is 6.53. The maximum absolute atomic E-state index is 11.3. The van der Waals surface area contributed by atoms with Gasteiger partial charge in [0.1, 0.15) is 5.82 Å². The molecular weight excluding hydrogens is 246 g/mol. The van der Waals surface area contributed by atoms with Crippen molar-refractivity contribution < 1.29 is 4.79 Å². The van der Waals surface area contributed by atoms with Crippen molar-refractivity contribution in [3.8, 4) is 0 Å². The van der Waals surface area contributed by atoms with Crippen LogP contribution in [-0.2, 0) is 6.54 Å². The molecule has 0 unspecified atom stereocenters. The molecule has 0 aliphatic rings. The molecule has 0 spiro atoms. The minimum atomic E-state index is 0.0524. The Kier molecular flexibility index (Phi) is 3.72. The predicted molar refractivity (Wildman–Crippen MR) is 73.2 cm³/mol. The number of carbonyl (C=O) groups excluding carboxylic acids is 1. The topological polar surface area (TPSA) is 46.1 Å². The summed E-state index contributed by atoms with van der Waals surface area (Å²) in [6, 6.07) is 3.54. The third-order valence-corrected chi connectivity index (χ3v) is 3.43. The number of nitrogens with zero attached hydrogens (tertiary/aromatic N) is 3. The van der Waals surface area contributed by atoms with Gasteiger partial charge in [-0.2, -0.15) is 0 Å². The second-order valence-electron chi connectivity index (χ2n) is 4.17. The molecule has 0 amide bonds. The molecule has 0 aliphatic heterocycles. The molecule has 18 heavy (non-hydrogen) atoms. The molecule has 2 aromatic rings. The van der Waals surface area contributed by atoms with Crippen LogP contribution in [0.3, 0.4) is 0 Å². The summed E-state index contributed by atoms with van der Waals surface area (Å²) in [5.74, 6) is 0.838. The molecule has 0 N–H and O–H groups in total. The third-order valence-electron chi connectivity index (χ3n) is 2.61. The van der Waals surface area contributed by atoms with Gasteiger partial charge in [-0.15, -0.1) is 11.3 Å². The van der Waals surface area contributed by atoms with E-state index in [0.29, 0.717) is 12.1 Å². The van der Waals surface area contributed by atoms with Crippen molar-refractivity contribution in [2.45, 2.75) is 20.4 Å². The highest BCUT2D eigenvalue weighted by Crippen LogP contribution is 2.16. The summed E-state index contributed by atoms with van der Waals surface area (Å²) in [5, 5.41) is 3.10. The Balaban J connectivity index is 2.15. The van der Waals surface area contributed by atoms with Crippen molar-refractivity contribution in [2.24, 2.45) is 0 Å². The summed E-state index contributed by atoms with van der Waals surface area (Å²) in [6.45, 7) is 4.24. The van der Waals surface area contributed by atoms with Gasteiger partial charge in [0.2, 0.25) is 0 Å². The second-order valence-corrected chi connectivity index (χ2v) is 5.24. The molecule has 94 valence electrons. The fourth-order valence-electron chi connectivity index (χ4n) is 1.65. The number of Topliss-reactive ketones (excluding diaryl/α,β-unsaturated/α-hetero) is 1. The maximum Gasteiger partial charge on any atom is 0.159 e. The number of carbonyl (C=O) groups is 1. The zero-order chi connectivity index (χ0) is 13.1. The van der Waals surface area contributed by atoms with Crippen molar-refractivity contribution in [1.29, 1.82) is 0 Å². The van der Waals surface area contributed by atoms with Gasteiger partial charge in [-0.3, -0.25) is 4.79 Å². The number of rotatable bonds is 4. The number of ketones is 1. The van der Waals surface area contributed by atoms with Gasteiger partial charge in [0, 0.05) is 24.2 Å².